The van der Waals surface area contributed by atoms with E-state index in [0.717, 1.165) is 6.07 Å². The van der Waals surface area contributed by atoms with E-state index in [2.05, 4.69) is 0 Å². The molecular weight excluding hydrogens is 482 g/mol. The van der Waals surface area contributed by atoms with Gasteiger partial charge in [-0.25, -0.2) is 0 Å². The van der Waals surface area contributed by atoms with Crippen molar-refractivity contribution in [3.05, 3.63) is 91.4 Å². The SMILES string of the molecule is O=S(=O)(O)C(c1ccc(Cl)cc1)(c1ccccc1O)c1cc(Cl)c(O)c(Cl)c1Cl. The zero-order valence-electron chi connectivity index (χ0n) is 14.3. The molecule has 0 saturated heterocycles. The van der Waals surface area contributed by atoms with E-state index in [0.29, 0.717) is 5.02 Å². The summed E-state index contributed by atoms with van der Waals surface area (Å²) < 4.78 is 34.0. The van der Waals surface area contributed by atoms with Crippen molar-refractivity contribution in [3.63, 3.8) is 0 Å². The molecule has 0 aliphatic heterocycles. The molecule has 3 aromatic rings. The highest BCUT2D eigenvalue weighted by Crippen LogP contribution is 2.52. The Morgan fingerprint density at radius 1 is 0.793 bits per heavy atom. The lowest BCUT2D eigenvalue weighted by atomic mass is 9.83. The first kappa shape index (κ1) is 22.0. The van der Waals surface area contributed by atoms with E-state index in [1.54, 1.807) is 0 Å². The van der Waals surface area contributed by atoms with Gasteiger partial charge >= 0.3 is 0 Å². The first-order valence-corrected chi connectivity index (χ1v) is 10.9. The van der Waals surface area contributed by atoms with Gasteiger partial charge in [-0.2, -0.15) is 8.42 Å². The fourth-order valence-corrected chi connectivity index (χ4v) is 5.43. The van der Waals surface area contributed by atoms with E-state index in [9.17, 15) is 23.2 Å². The van der Waals surface area contributed by atoms with Gasteiger partial charge in [-0.05, 0) is 29.8 Å². The smallest absolute Gasteiger partial charge is 0.283 e. The third-order valence-electron chi connectivity index (χ3n) is 4.43. The quantitative estimate of drug-likeness (QED) is 0.239. The average molecular weight is 494 g/mol. The summed E-state index contributed by atoms with van der Waals surface area (Å²) in [5.74, 6) is -0.990. The minimum absolute atomic E-state index is 0.00521. The number of aromatic hydroxyl groups is 2. The van der Waals surface area contributed by atoms with Crippen LogP contribution in [0.2, 0.25) is 20.1 Å². The second-order valence-corrected chi connectivity index (χ2v) is 9.22. The van der Waals surface area contributed by atoms with Gasteiger partial charge in [-0.3, -0.25) is 4.55 Å². The van der Waals surface area contributed by atoms with Crippen LogP contribution in [0.1, 0.15) is 16.7 Å². The average Bonchev–Trinajstić information content (AvgIpc) is 2.66. The summed E-state index contributed by atoms with van der Waals surface area (Å²) >= 11 is 24.3. The number of rotatable bonds is 4. The number of hydrogen-bond acceptors (Lipinski definition) is 4. The van der Waals surface area contributed by atoms with Crippen molar-refractivity contribution < 1.29 is 23.2 Å². The van der Waals surface area contributed by atoms with Gasteiger partial charge in [0.15, 0.2) is 10.5 Å². The number of phenolic OH excluding ortho intramolecular Hbond substituents is 2. The molecular formula is C19H12Cl4O5S. The molecule has 0 spiro atoms. The topological polar surface area (TPSA) is 94.8 Å². The number of para-hydroxylation sites is 1. The van der Waals surface area contributed by atoms with Crippen molar-refractivity contribution in [2.75, 3.05) is 0 Å². The van der Waals surface area contributed by atoms with Crippen molar-refractivity contribution >= 4 is 56.5 Å². The predicted octanol–water partition coefficient (Wildman–Crippen LogP) is 5.89. The molecule has 3 aromatic carbocycles. The van der Waals surface area contributed by atoms with Crippen molar-refractivity contribution in [2.45, 2.75) is 4.75 Å². The Labute approximate surface area is 186 Å². The van der Waals surface area contributed by atoms with Gasteiger partial charge in [-0.15, -0.1) is 0 Å². The van der Waals surface area contributed by atoms with Crippen LogP contribution in [-0.2, 0) is 14.9 Å². The van der Waals surface area contributed by atoms with Crippen LogP contribution >= 0.6 is 46.4 Å². The summed E-state index contributed by atoms with van der Waals surface area (Å²) in [6, 6.07) is 12.1. The normalized spacial score (nSPS) is 13.8. The highest BCUT2D eigenvalue weighted by Gasteiger charge is 2.51. The van der Waals surface area contributed by atoms with Crippen LogP contribution in [0.3, 0.4) is 0 Å². The molecule has 0 fully saturated rings. The molecule has 0 aliphatic carbocycles. The zero-order chi connectivity index (χ0) is 21.6. The molecule has 0 aliphatic rings. The van der Waals surface area contributed by atoms with Crippen molar-refractivity contribution in [3.8, 4) is 11.5 Å². The molecule has 0 amide bonds. The van der Waals surface area contributed by atoms with Gasteiger partial charge < -0.3 is 10.2 Å². The first-order valence-electron chi connectivity index (χ1n) is 7.90. The van der Waals surface area contributed by atoms with Gasteiger partial charge in [0.25, 0.3) is 10.1 Å². The zero-order valence-corrected chi connectivity index (χ0v) is 18.1. The molecule has 1 atom stereocenters. The van der Waals surface area contributed by atoms with Crippen LogP contribution in [0.25, 0.3) is 0 Å². The molecule has 0 radical (unpaired) electrons. The maximum absolute atomic E-state index is 13.0. The lowest BCUT2D eigenvalue weighted by Crippen LogP contribution is -2.38. The summed E-state index contributed by atoms with van der Waals surface area (Å²) in [5, 5.41) is 19.7. The Morgan fingerprint density at radius 3 is 1.93 bits per heavy atom. The van der Waals surface area contributed by atoms with E-state index in [1.165, 1.54) is 48.5 Å². The van der Waals surface area contributed by atoms with Gasteiger partial charge in [-0.1, -0.05) is 76.7 Å². The van der Waals surface area contributed by atoms with Crippen LogP contribution in [0.5, 0.6) is 11.5 Å². The molecule has 3 rings (SSSR count). The summed E-state index contributed by atoms with van der Waals surface area (Å²) in [7, 11) is -5.08. The minimum atomic E-state index is -5.08. The van der Waals surface area contributed by atoms with E-state index >= 15 is 0 Å². The summed E-state index contributed by atoms with van der Waals surface area (Å²) in [4.78, 5) is 0. The molecule has 152 valence electrons. The second kappa shape index (κ2) is 7.87. The molecule has 0 heterocycles. The van der Waals surface area contributed by atoms with Crippen LogP contribution in [0, 0.1) is 0 Å². The minimum Gasteiger partial charge on any atom is -0.508 e. The van der Waals surface area contributed by atoms with Crippen LogP contribution in [0.4, 0.5) is 0 Å². The maximum atomic E-state index is 13.0. The van der Waals surface area contributed by atoms with E-state index < -0.39 is 31.4 Å². The summed E-state index contributed by atoms with van der Waals surface area (Å²) in [5.41, 5.74) is -0.464. The Morgan fingerprint density at radius 2 is 1.38 bits per heavy atom. The molecule has 0 saturated carbocycles. The van der Waals surface area contributed by atoms with Gasteiger partial charge in [0.1, 0.15) is 10.8 Å². The lowest BCUT2D eigenvalue weighted by molar-refractivity contribution is 0.440. The van der Waals surface area contributed by atoms with Crippen LogP contribution < -0.4 is 0 Å². The Hall–Kier alpha value is -1.67. The summed E-state index contributed by atoms with van der Waals surface area (Å²) in [6.07, 6.45) is 0. The number of phenols is 2. The second-order valence-electron chi connectivity index (χ2n) is 6.06. The molecule has 0 aromatic heterocycles. The van der Waals surface area contributed by atoms with Crippen molar-refractivity contribution in [2.24, 2.45) is 0 Å². The van der Waals surface area contributed by atoms with Crippen LogP contribution in [-0.4, -0.2) is 23.2 Å². The third kappa shape index (κ3) is 3.54. The van der Waals surface area contributed by atoms with E-state index in [-0.39, 0.29) is 26.7 Å². The molecule has 1 unspecified atom stereocenters. The van der Waals surface area contributed by atoms with Gasteiger partial charge in [0.2, 0.25) is 0 Å². The van der Waals surface area contributed by atoms with Gasteiger partial charge in [0, 0.05) is 16.1 Å². The fraction of sp³-hybridized carbons (Fsp3) is 0.0526. The predicted molar refractivity (Wildman–Crippen MR) is 114 cm³/mol. The lowest BCUT2D eigenvalue weighted by Gasteiger charge is -2.34. The van der Waals surface area contributed by atoms with E-state index in [1.807, 2.05) is 0 Å². The highest BCUT2D eigenvalue weighted by molar-refractivity contribution is 7.87. The molecule has 0 bridgehead atoms. The Kier molecular flexibility index (Phi) is 5.98. The van der Waals surface area contributed by atoms with Crippen LogP contribution in [0.15, 0.2) is 54.6 Å². The Balaban J connectivity index is 2.62. The Bertz CT molecular complexity index is 1200. The summed E-state index contributed by atoms with van der Waals surface area (Å²) in [6.45, 7) is 0. The molecule has 10 heteroatoms. The van der Waals surface area contributed by atoms with Crippen molar-refractivity contribution in [1.82, 2.24) is 0 Å². The van der Waals surface area contributed by atoms with Gasteiger partial charge in [0.05, 0.1) is 10.0 Å². The molecule has 29 heavy (non-hydrogen) atoms. The third-order valence-corrected chi connectivity index (χ3v) is 7.28. The van der Waals surface area contributed by atoms with E-state index in [4.69, 9.17) is 46.4 Å². The van der Waals surface area contributed by atoms with Crippen molar-refractivity contribution in [1.29, 1.82) is 0 Å². The molecule has 3 N–H and O–H groups in total. The number of benzene rings is 3. The number of hydrogen-bond donors (Lipinski definition) is 3. The monoisotopic (exact) mass is 492 g/mol. The molecule has 5 nitrogen and oxygen atoms in total. The standard InChI is InChI=1S/C19H12Cl4O5S/c20-11-7-5-10(6-8-11)19(29(26,27)28,12-3-1-2-4-15(12)24)13-9-14(21)18(25)17(23)16(13)22/h1-9,24-25H,(H,26,27,28). The number of halogens is 4. The highest BCUT2D eigenvalue weighted by atomic mass is 35.5. The maximum Gasteiger partial charge on any atom is 0.283 e. The first-order chi connectivity index (χ1) is 13.5. The largest absolute Gasteiger partial charge is 0.508 e. The fourth-order valence-electron chi connectivity index (χ4n) is 3.18.